The van der Waals surface area contributed by atoms with Crippen molar-refractivity contribution < 1.29 is 19.1 Å². The highest BCUT2D eigenvalue weighted by atomic mass is 32.2. The number of hydrogen-bond acceptors (Lipinski definition) is 10. The van der Waals surface area contributed by atoms with Crippen LogP contribution in [0.3, 0.4) is 0 Å². The van der Waals surface area contributed by atoms with Crippen molar-refractivity contribution in [2.45, 2.75) is 24.8 Å². The molecule has 3 heterocycles. The second-order valence-corrected chi connectivity index (χ2v) is 9.05. The third kappa shape index (κ3) is 3.64. The molecule has 0 spiro atoms. The molecule has 156 valence electrons. The maximum atomic E-state index is 12.5. The second kappa shape index (κ2) is 8.62. The van der Waals surface area contributed by atoms with E-state index in [2.05, 4.69) is 10.2 Å². The Hall–Kier alpha value is -2.63. The van der Waals surface area contributed by atoms with Crippen molar-refractivity contribution in [2.75, 3.05) is 18.9 Å². The summed E-state index contributed by atoms with van der Waals surface area (Å²) in [6.07, 6.45) is 0. The Bertz CT molecular complexity index is 1240. The van der Waals surface area contributed by atoms with Crippen LogP contribution >= 0.6 is 34.4 Å². The van der Waals surface area contributed by atoms with Gasteiger partial charge in [-0.25, -0.2) is 9.59 Å². The Morgan fingerprint density at radius 1 is 1.10 bits per heavy atom. The number of nitrogens with zero attached hydrogens (tertiary/aromatic N) is 3. The van der Waals surface area contributed by atoms with Gasteiger partial charge in [-0.15, -0.1) is 21.5 Å². The van der Waals surface area contributed by atoms with E-state index in [-0.39, 0.29) is 23.8 Å². The lowest BCUT2D eigenvalue weighted by Crippen LogP contribution is -2.11. The average molecular weight is 463 g/mol. The summed E-state index contributed by atoms with van der Waals surface area (Å²) >= 11 is 3.96. The summed E-state index contributed by atoms with van der Waals surface area (Å²) in [5.41, 5.74) is 7.79. The Morgan fingerprint density at radius 2 is 1.83 bits per heavy atom. The van der Waals surface area contributed by atoms with Crippen LogP contribution in [0, 0.1) is 0 Å². The van der Waals surface area contributed by atoms with Gasteiger partial charge in [0.2, 0.25) is 4.96 Å². The predicted molar refractivity (Wildman–Crippen MR) is 119 cm³/mol. The Balaban J connectivity index is 1.72. The molecule has 4 rings (SSSR count). The molecule has 2 N–H and O–H groups in total. The number of ether oxygens (including phenoxy) is 2. The number of nitrogen functional groups attached to an aromatic ring is 1. The molecule has 0 fully saturated rings. The molecule has 3 aromatic heterocycles. The molecular weight excluding hydrogens is 444 g/mol. The molecule has 11 heteroatoms. The van der Waals surface area contributed by atoms with Gasteiger partial charge in [-0.2, -0.15) is 0 Å². The molecule has 0 atom stereocenters. The van der Waals surface area contributed by atoms with E-state index >= 15 is 0 Å². The van der Waals surface area contributed by atoms with Gasteiger partial charge >= 0.3 is 11.9 Å². The first-order chi connectivity index (χ1) is 14.5. The van der Waals surface area contributed by atoms with Crippen LogP contribution in [-0.2, 0) is 15.2 Å². The first kappa shape index (κ1) is 20.6. The van der Waals surface area contributed by atoms with Gasteiger partial charge in [0, 0.05) is 11.3 Å². The molecular formula is C19H18N4O4S3. The van der Waals surface area contributed by atoms with Gasteiger partial charge in [0.25, 0.3) is 0 Å². The van der Waals surface area contributed by atoms with Crippen molar-refractivity contribution in [3.05, 3.63) is 40.3 Å². The summed E-state index contributed by atoms with van der Waals surface area (Å²) in [6.45, 7) is 3.88. The van der Waals surface area contributed by atoms with Crippen LogP contribution in [0.4, 0.5) is 5.00 Å². The summed E-state index contributed by atoms with van der Waals surface area (Å²) in [5, 5.41) is 9.43. The van der Waals surface area contributed by atoms with E-state index in [0.29, 0.717) is 21.3 Å². The lowest BCUT2D eigenvalue weighted by molar-refractivity contribution is 0.0527. The van der Waals surface area contributed by atoms with Crippen LogP contribution < -0.4 is 5.73 Å². The van der Waals surface area contributed by atoms with Gasteiger partial charge in [0.1, 0.15) is 9.88 Å². The van der Waals surface area contributed by atoms with Crippen LogP contribution in [0.1, 0.15) is 39.4 Å². The zero-order chi connectivity index (χ0) is 21.3. The van der Waals surface area contributed by atoms with Crippen molar-refractivity contribution in [3.63, 3.8) is 0 Å². The Labute approximate surface area is 184 Å². The standard InChI is InChI=1S/C19H18N4O4S3/c1-3-26-16(24)13-10(14(30-15(13)20)17(25)27-4-2)9-28-18-21-22-19-23(18)11-7-5-6-8-12(11)29-19/h5-8H,3-4,9,20H2,1-2H3. The molecule has 0 aliphatic heterocycles. The number of hydrogen-bond donors (Lipinski definition) is 1. The molecule has 30 heavy (non-hydrogen) atoms. The van der Waals surface area contributed by atoms with Gasteiger partial charge in [0.05, 0.1) is 29.0 Å². The number of thiophene rings is 1. The summed E-state index contributed by atoms with van der Waals surface area (Å²) in [4.78, 5) is 26.0. The Kier molecular flexibility index (Phi) is 5.93. The van der Waals surface area contributed by atoms with E-state index < -0.39 is 11.9 Å². The molecule has 0 aliphatic rings. The zero-order valence-corrected chi connectivity index (χ0v) is 18.7. The highest BCUT2D eigenvalue weighted by Crippen LogP contribution is 2.37. The number of carbonyl (C=O) groups is 2. The van der Waals surface area contributed by atoms with Crippen LogP contribution in [0.5, 0.6) is 0 Å². The van der Waals surface area contributed by atoms with Crippen molar-refractivity contribution in [1.82, 2.24) is 14.6 Å². The molecule has 0 aliphatic carbocycles. The van der Waals surface area contributed by atoms with Crippen LogP contribution in [0.15, 0.2) is 29.4 Å². The number of thiazole rings is 1. The molecule has 4 aromatic rings. The third-order valence-electron chi connectivity index (χ3n) is 4.23. The van der Waals surface area contributed by atoms with E-state index in [0.717, 1.165) is 26.5 Å². The maximum Gasteiger partial charge on any atom is 0.348 e. The average Bonchev–Trinajstić information content (AvgIpc) is 3.38. The van der Waals surface area contributed by atoms with E-state index in [9.17, 15) is 9.59 Å². The molecule has 8 nitrogen and oxygen atoms in total. The van der Waals surface area contributed by atoms with Gasteiger partial charge in [0.15, 0.2) is 5.16 Å². The molecule has 0 unspecified atom stereocenters. The summed E-state index contributed by atoms with van der Waals surface area (Å²) < 4.78 is 13.4. The summed E-state index contributed by atoms with van der Waals surface area (Å²) in [7, 11) is 0. The lowest BCUT2D eigenvalue weighted by atomic mass is 10.1. The van der Waals surface area contributed by atoms with Gasteiger partial charge < -0.3 is 15.2 Å². The highest BCUT2D eigenvalue weighted by Gasteiger charge is 2.28. The molecule has 0 radical (unpaired) electrons. The maximum absolute atomic E-state index is 12.5. The first-order valence-electron chi connectivity index (χ1n) is 9.15. The largest absolute Gasteiger partial charge is 0.462 e. The summed E-state index contributed by atoms with van der Waals surface area (Å²) in [6, 6.07) is 7.97. The minimum atomic E-state index is -0.551. The van der Waals surface area contributed by atoms with Gasteiger partial charge in [-0.05, 0) is 26.0 Å². The lowest BCUT2D eigenvalue weighted by Gasteiger charge is -2.07. The summed E-state index contributed by atoms with van der Waals surface area (Å²) in [5.74, 6) is -0.765. The predicted octanol–water partition coefficient (Wildman–Crippen LogP) is 4.23. The van der Waals surface area contributed by atoms with Crippen molar-refractivity contribution in [3.8, 4) is 0 Å². The number of anilines is 1. The van der Waals surface area contributed by atoms with Gasteiger partial charge in [-0.3, -0.25) is 4.40 Å². The molecule has 0 amide bonds. The fraction of sp³-hybridized carbons (Fsp3) is 0.263. The fourth-order valence-electron chi connectivity index (χ4n) is 3.00. The minimum Gasteiger partial charge on any atom is -0.462 e. The van der Waals surface area contributed by atoms with Crippen LogP contribution in [0.2, 0.25) is 0 Å². The van der Waals surface area contributed by atoms with E-state index in [1.807, 2.05) is 28.7 Å². The number of nitrogens with two attached hydrogens (primary N) is 1. The first-order valence-corrected chi connectivity index (χ1v) is 11.8. The molecule has 0 saturated heterocycles. The Morgan fingerprint density at radius 3 is 2.60 bits per heavy atom. The number of thioether (sulfide) groups is 1. The number of para-hydroxylation sites is 1. The topological polar surface area (TPSA) is 109 Å². The third-order valence-corrected chi connectivity index (χ3v) is 7.24. The molecule has 0 bridgehead atoms. The quantitative estimate of drug-likeness (QED) is 0.321. The fourth-order valence-corrected chi connectivity index (χ4v) is 6.05. The number of aromatic nitrogens is 3. The van der Waals surface area contributed by atoms with Gasteiger partial charge in [-0.1, -0.05) is 35.2 Å². The molecule has 1 aromatic carbocycles. The SMILES string of the molecule is CCOC(=O)c1sc(N)c(C(=O)OCC)c1CSc1nnc2sc3ccccc3n12. The van der Waals surface area contributed by atoms with E-state index in [1.165, 1.54) is 11.8 Å². The monoisotopic (exact) mass is 462 g/mol. The van der Waals surface area contributed by atoms with Crippen molar-refractivity contribution >= 4 is 66.6 Å². The van der Waals surface area contributed by atoms with Crippen molar-refractivity contribution in [2.24, 2.45) is 0 Å². The number of carbonyl (C=O) groups excluding carboxylic acids is 2. The second-order valence-electron chi connectivity index (χ2n) is 6.05. The van der Waals surface area contributed by atoms with Crippen LogP contribution in [0.25, 0.3) is 15.2 Å². The number of esters is 2. The smallest absolute Gasteiger partial charge is 0.348 e. The van der Waals surface area contributed by atoms with Crippen molar-refractivity contribution in [1.29, 1.82) is 0 Å². The highest BCUT2D eigenvalue weighted by molar-refractivity contribution is 7.98. The van der Waals surface area contributed by atoms with Crippen LogP contribution in [-0.4, -0.2) is 39.8 Å². The molecule has 0 saturated carbocycles. The van der Waals surface area contributed by atoms with E-state index in [4.69, 9.17) is 15.2 Å². The minimum absolute atomic E-state index is 0.209. The number of benzene rings is 1. The normalized spacial score (nSPS) is 11.3. The number of fused-ring (bicyclic) bond motifs is 3. The number of rotatable bonds is 7. The van der Waals surface area contributed by atoms with E-state index in [1.54, 1.807) is 25.2 Å². The zero-order valence-electron chi connectivity index (χ0n) is 16.2.